The van der Waals surface area contributed by atoms with E-state index in [2.05, 4.69) is 10.6 Å². The number of benzene rings is 1. The number of aliphatic hydroxyl groups is 1. The number of phenols is 1. The van der Waals surface area contributed by atoms with Crippen molar-refractivity contribution in [3.63, 3.8) is 0 Å². The molecule has 32 heavy (non-hydrogen) atoms. The van der Waals surface area contributed by atoms with Crippen LogP contribution in [-0.2, 0) is 25.6 Å². The number of hydrogen-bond acceptors (Lipinski definition) is 7. The van der Waals surface area contributed by atoms with Crippen molar-refractivity contribution in [2.75, 3.05) is 6.54 Å². The Labute approximate surface area is 185 Å². The summed E-state index contributed by atoms with van der Waals surface area (Å²) in [5, 5.41) is 33.8. The van der Waals surface area contributed by atoms with Crippen LogP contribution in [0.3, 0.4) is 0 Å². The number of amides is 3. The molecule has 1 heterocycles. The minimum absolute atomic E-state index is 0.0153. The van der Waals surface area contributed by atoms with Crippen LogP contribution >= 0.6 is 0 Å². The first kappa shape index (κ1) is 25.1. The van der Waals surface area contributed by atoms with Crippen LogP contribution in [0.4, 0.5) is 0 Å². The fraction of sp³-hybridized carbons (Fsp3) is 0.524. The van der Waals surface area contributed by atoms with Gasteiger partial charge in [0.05, 0.1) is 12.1 Å². The average molecular weight is 450 g/mol. The third-order valence-corrected chi connectivity index (χ3v) is 5.29. The largest absolute Gasteiger partial charge is 0.508 e. The predicted molar refractivity (Wildman–Crippen MR) is 113 cm³/mol. The Morgan fingerprint density at radius 1 is 1.12 bits per heavy atom. The number of likely N-dealkylation sites (tertiary alicyclic amines) is 1. The fourth-order valence-electron chi connectivity index (χ4n) is 3.51. The topological polar surface area (TPSA) is 182 Å². The summed E-state index contributed by atoms with van der Waals surface area (Å²) in [4.78, 5) is 50.8. The Bertz CT molecular complexity index is 841. The molecule has 1 aromatic carbocycles. The number of carboxylic acids is 1. The van der Waals surface area contributed by atoms with Crippen LogP contribution in [0.5, 0.6) is 5.75 Å². The van der Waals surface area contributed by atoms with Gasteiger partial charge in [0, 0.05) is 13.0 Å². The van der Waals surface area contributed by atoms with Gasteiger partial charge in [0.15, 0.2) is 0 Å². The number of hydrogen-bond donors (Lipinski definition) is 6. The molecule has 1 aromatic rings. The lowest BCUT2D eigenvalue weighted by atomic mass is 10.0. The molecule has 3 amide bonds. The van der Waals surface area contributed by atoms with Gasteiger partial charge in [-0.05, 0) is 44.4 Å². The summed E-state index contributed by atoms with van der Waals surface area (Å²) < 4.78 is 0. The third kappa shape index (κ3) is 6.41. The third-order valence-electron chi connectivity index (χ3n) is 5.29. The molecule has 1 fully saturated rings. The SMILES string of the molecule is C[C@H](N)C(=O)N[C@H](C(=O)N[C@@H](Cc1ccc(O)cc1)C(=O)N1CCC[C@H]1C(=O)O)[C@@H](C)O. The number of aliphatic hydroxyl groups excluding tert-OH is 1. The number of aliphatic carboxylic acids is 1. The zero-order chi connectivity index (χ0) is 24.0. The van der Waals surface area contributed by atoms with Crippen molar-refractivity contribution in [1.82, 2.24) is 15.5 Å². The van der Waals surface area contributed by atoms with Gasteiger partial charge in [0.2, 0.25) is 17.7 Å². The first-order valence-electron chi connectivity index (χ1n) is 10.4. The van der Waals surface area contributed by atoms with E-state index < -0.39 is 54.0 Å². The Morgan fingerprint density at radius 3 is 2.28 bits per heavy atom. The average Bonchev–Trinajstić information content (AvgIpc) is 3.22. The van der Waals surface area contributed by atoms with Crippen LogP contribution in [-0.4, -0.2) is 80.7 Å². The number of carboxylic acid groups (broad SMARTS) is 1. The van der Waals surface area contributed by atoms with Crippen molar-refractivity contribution in [2.45, 2.75) is 63.4 Å². The molecule has 1 saturated heterocycles. The Kier molecular flexibility index (Phi) is 8.56. The van der Waals surface area contributed by atoms with Crippen LogP contribution < -0.4 is 16.4 Å². The monoisotopic (exact) mass is 450 g/mol. The van der Waals surface area contributed by atoms with E-state index in [0.717, 1.165) is 0 Å². The Hall–Kier alpha value is -3.18. The van der Waals surface area contributed by atoms with Crippen molar-refractivity contribution in [2.24, 2.45) is 5.73 Å². The van der Waals surface area contributed by atoms with E-state index in [0.29, 0.717) is 18.4 Å². The second-order valence-corrected chi connectivity index (χ2v) is 7.98. The van der Waals surface area contributed by atoms with Gasteiger partial charge >= 0.3 is 5.97 Å². The highest BCUT2D eigenvalue weighted by Gasteiger charge is 2.38. The first-order chi connectivity index (χ1) is 15.0. The molecular formula is C21H30N4O7. The van der Waals surface area contributed by atoms with Gasteiger partial charge in [-0.3, -0.25) is 14.4 Å². The van der Waals surface area contributed by atoms with Crippen LogP contribution in [0.25, 0.3) is 0 Å². The predicted octanol–water partition coefficient (Wildman–Crippen LogP) is -1.29. The number of phenolic OH excluding ortho intramolecular Hbond substituents is 1. The minimum Gasteiger partial charge on any atom is -0.508 e. The Morgan fingerprint density at radius 2 is 1.75 bits per heavy atom. The smallest absolute Gasteiger partial charge is 0.326 e. The summed E-state index contributed by atoms with van der Waals surface area (Å²) in [6.07, 6.45) is -0.437. The van der Waals surface area contributed by atoms with Crippen LogP contribution in [0, 0.1) is 0 Å². The molecular weight excluding hydrogens is 420 g/mol. The van der Waals surface area contributed by atoms with E-state index in [-0.39, 0.29) is 18.7 Å². The molecule has 1 aliphatic rings. The quantitative estimate of drug-likeness (QED) is 0.268. The van der Waals surface area contributed by atoms with Gasteiger partial charge in [-0.25, -0.2) is 4.79 Å². The van der Waals surface area contributed by atoms with E-state index in [1.165, 1.54) is 30.9 Å². The zero-order valence-electron chi connectivity index (χ0n) is 18.0. The molecule has 2 rings (SSSR count). The second-order valence-electron chi connectivity index (χ2n) is 7.98. The summed E-state index contributed by atoms with van der Waals surface area (Å²) >= 11 is 0. The lowest BCUT2D eigenvalue weighted by Gasteiger charge is -2.29. The molecule has 0 radical (unpaired) electrons. The molecule has 5 atom stereocenters. The lowest BCUT2D eigenvalue weighted by molar-refractivity contribution is -0.149. The fourth-order valence-corrected chi connectivity index (χ4v) is 3.51. The van der Waals surface area contributed by atoms with Gasteiger partial charge in [-0.15, -0.1) is 0 Å². The number of nitrogens with two attached hydrogens (primary N) is 1. The lowest BCUT2D eigenvalue weighted by Crippen LogP contribution is -2.60. The molecule has 0 saturated carbocycles. The molecule has 176 valence electrons. The summed E-state index contributed by atoms with van der Waals surface area (Å²) in [6, 6.07) is 1.57. The maximum Gasteiger partial charge on any atom is 0.326 e. The molecule has 11 nitrogen and oxygen atoms in total. The highest BCUT2D eigenvalue weighted by molar-refractivity contribution is 5.94. The van der Waals surface area contributed by atoms with Gasteiger partial charge in [0.25, 0.3) is 0 Å². The normalized spacial score (nSPS) is 19.5. The minimum atomic E-state index is -1.36. The molecule has 0 unspecified atom stereocenters. The zero-order valence-corrected chi connectivity index (χ0v) is 18.0. The molecule has 11 heteroatoms. The van der Waals surface area contributed by atoms with E-state index in [1.807, 2.05) is 0 Å². The van der Waals surface area contributed by atoms with Crippen LogP contribution in [0.15, 0.2) is 24.3 Å². The number of rotatable bonds is 9. The van der Waals surface area contributed by atoms with Crippen LogP contribution in [0.1, 0.15) is 32.3 Å². The summed E-state index contributed by atoms with van der Waals surface area (Å²) in [5.41, 5.74) is 6.12. The molecule has 1 aliphatic heterocycles. The van der Waals surface area contributed by atoms with Crippen molar-refractivity contribution < 1.29 is 34.5 Å². The molecule has 0 bridgehead atoms. The highest BCUT2D eigenvalue weighted by atomic mass is 16.4. The Balaban J connectivity index is 2.27. The summed E-state index contributed by atoms with van der Waals surface area (Å²) in [5.74, 6) is -3.15. The second kappa shape index (κ2) is 10.9. The van der Waals surface area contributed by atoms with Crippen LogP contribution in [0.2, 0.25) is 0 Å². The van der Waals surface area contributed by atoms with Crippen molar-refractivity contribution in [3.05, 3.63) is 29.8 Å². The van der Waals surface area contributed by atoms with Gasteiger partial charge < -0.3 is 36.6 Å². The number of nitrogens with one attached hydrogen (secondary N) is 2. The van der Waals surface area contributed by atoms with Gasteiger partial charge in [-0.1, -0.05) is 12.1 Å². The van der Waals surface area contributed by atoms with Gasteiger partial charge in [0.1, 0.15) is 23.9 Å². The molecule has 0 spiro atoms. The molecule has 0 aromatic heterocycles. The maximum atomic E-state index is 13.2. The molecule has 0 aliphatic carbocycles. The number of carbonyl (C=O) groups excluding carboxylic acids is 3. The standard InChI is InChI=1S/C21H30N4O7/c1-11(22)18(28)24-17(12(2)26)19(29)23-15(10-13-5-7-14(27)8-6-13)20(30)25-9-3-4-16(25)21(31)32/h5-8,11-12,15-17,26-27H,3-4,9-10,22H2,1-2H3,(H,23,29)(H,24,28)(H,31,32)/t11-,12+,15-,16-,17-/m0/s1. The van der Waals surface area contributed by atoms with E-state index >= 15 is 0 Å². The first-order valence-corrected chi connectivity index (χ1v) is 10.4. The van der Waals surface area contributed by atoms with E-state index in [1.54, 1.807) is 12.1 Å². The van der Waals surface area contributed by atoms with Gasteiger partial charge in [-0.2, -0.15) is 0 Å². The summed E-state index contributed by atoms with van der Waals surface area (Å²) in [7, 11) is 0. The maximum absolute atomic E-state index is 13.2. The van der Waals surface area contributed by atoms with E-state index in [9.17, 15) is 34.5 Å². The summed E-state index contributed by atoms with van der Waals surface area (Å²) in [6.45, 7) is 2.96. The molecule has 7 N–H and O–H groups in total. The van der Waals surface area contributed by atoms with Crippen molar-refractivity contribution in [3.8, 4) is 5.75 Å². The van der Waals surface area contributed by atoms with E-state index in [4.69, 9.17) is 5.73 Å². The number of carbonyl (C=O) groups is 4. The number of aromatic hydroxyl groups is 1. The van der Waals surface area contributed by atoms with Crippen molar-refractivity contribution in [1.29, 1.82) is 0 Å². The van der Waals surface area contributed by atoms with Crippen molar-refractivity contribution >= 4 is 23.7 Å². The number of nitrogens with zero attached hydrogens (tertiary/aromatic N) is 1. The highest BCUT2D eigenvalue weighted by Crippen LogP contribution is 2.20.